The Morgan fingerprint density at radius 2 is 1.76 bits per heavy atom. The summed E-state index contributed by atoms with van der Waals surface area (Å²) in [6, 6.07) is 16.9. The van der Waals surface area contributed by atoms with Gasteiger partial charge in [0.25, 0.3) is 5.56 Å². The molecular formula is C23H24N3O6P. The summed E-state index contributed by atoms with van der Waals surface area (Å²) in [5, 5.41) is 0.491. The third kappa shape index (κ3) is 5.40. The minimum atomic E-state index is -4.53. The van der Waals surface area contributed by atoms with Gasteiger partial charge in [-0.05, 0) is 29.8 Å². The van der Waals surface area contributed by atoms with Crippen LogP contribution in [-0.2, 0) is 9.09 Å². The summed E-state index contributed by atoms with van der Waals surface area (Å²) in [6.07, 6.45) is 3.28. The summed E-state index contributed by atoms with van der Waals surface area (Å²) in [5.41, 5.74) is 2.19. The number of nitrogens with zero attached hydrogens (tertiary/aromatic N) is 2. The van der Waals surface area contributed by atoms with E-state index in [1.54, 1.807) is 26.0 Å². The minimum absolute atomic E-state index is 0.149. The molecule has 4 rings (SSSR count). The fourth-order valence-electron chi connectivity index (χ4n) is 3.38. The van der Waals surface area contributed by atoms with Crippen molar-refractivity contribution in [3.8, 4) is 22.6 Å². The van der Waals surface area contributed by atoms with Crippen molar-refractivity contribution in [1.82, 2.24) is 14.5 Å². The summed E-state index contributed by atoms with van der Waals surface area (Å²) in [6.45, 7) is 3.62. The number of benzene rings is 2. The normalized spacial score (nSPS) is 12.2. The lowest BCUT2D eigenvalue weighted by Crippen LogP contribution is -2.26. The van der Waals surface area contributed by atoms with E-state index in [0.717, 1.165) is 16.8 Å². The molecule has 3 N–H and O–H groups in total. The van der Waals surface area contributed by atoms with Crippen LogP contribution in [0.2, 0.25) is 0 Å². The highest BCUT2D eigenvalue weighted by Gasteiger charge is 2.25. The van der Waals surface area contributed by atoms with Gasteiger partial charge in [-0.1, -0.05) is 44.2 Å². The highest BCUT2D eigenvalue weighted by atomic mass is 31.2. The first-order valence-corrected chi connectivity index (χ1v) is 11.7. The Morgan fingerprint density at radius 1 is 1.06 bits per heavy atom. The number of phosphoric ester groups is 1. The lowest BCUT2D eigenvalue weighted by molar-refractivity contribution is 0.0866. The number of hydrogen-bond donors (Lipinski definition) is 3. The van der Waals surface area contributed by atoms with Crippen molar-refractivity contribution in [1.29, 1.82) is 0 Å². The van der Waals surface area contributed by atoms with Gasteiger partial charge >= 0.3 is 7.82 Å². The quantitative estimate of drug-likeness (QED) is 0.334. The number of nitrogens with one attached hydrogen (secondary N) is 1. The molecule has 0 aliphatic rings. The molecule has 9 nitrogen and oxygen atoms in total. The smallest absolute Gasteiger partial charge is 0.469 e. The Balaban J connectivity index is 1.59. The van der Waals surface area contributed by atoms with E-state index >= 15 is 0 Å². The molecule has 172 valence electrons. The molecule has 0 bridgehead atoms. The first-order valence-electron chi connectivity index (χ1n) is 10.2. The molecule has 0 spiro atoms. The lowest BCUT2D eigenvalue weighted by atomic mass is 9.96. The van der Waals surface area contributed by atoms with E-state index in [1.807, 2.05) is 53.2 Å². The number of hydrogen-bond acceptors (Lipinski definition) is 5. The zero-order valence-electron chi connectivity index (χ0n) is 18.1. The van der Waals surface area contributed by atoms with Crippen LogP contribution in [0.3, 0.4) is 0 Å². The van der Waals surface area contributed by atoms with Gasteiger partial charge in [0.2, 0.25) is 0 Å². The molecule has 0 aliphatic carbocycles. The molecule has 33 heavy (non-hydrogen) atoms. The molecule has 4 aromatic rings. The molecule has 0 amide bonds. The average Bonchev–Trinajstić information content (AvgIpc) is 3.18. The summed E-state index contributed by atoms with van der Waals surface area (Å²) in [7, 11) is -4.53. The van der Waals surface area contributed by atoms with Crippen LogP contribution in [0, 0.1) is 5.41 Å². The van der Waals surface area contributed by atoms with E-state index in [1.165, 1.54) is 6.33 Å². The van der Waals surface area contributed by atoms with Crippen LogP contribution in [0.15, 0.2) is 71.9 Å². The maximum Gasteiger partial charge on any atom is 0.469 e. The molecule has 2 aromatic carbocycles. The number of aromatic nitrogens is 3. The number of phosphoric acid groups is 1. The topological polar surface area (TPSA) is 127 Å². The van der Waals surface area contributed by atoms with E-state index < -0.39 is 13.2 Å². The third-order valence-corrected chi connectivity index (χ3v) is 5.51. The van der Waals surface area contributed by atoms with Crippen LogP contribution in [0.1, 0.15) is 13.8 Å². The first kappa shape index (κ1) is 22.9. The molecule has 0 saturated carbocycles. The van der Waals surface area contributed by atoms with Gasteiger partial charge in [-0.25, -0.2) is 9.55 Å². The van der Waals surface area contributed by atoms with Crippen LogP contribution in [0.25, 0.3) is 27.8 Å². The van der Waals surface area contributed by atoms with Crippen LogP contribution >= 0.6 is 7.82 Å². The van der Waals surface area contributed by atoms with Gasteiger partial charge in [-0.15, -0.1) is 0 Å². The number of rotatable bonds is 8. The zero-order valence-corrected chi connectivity index (χ0v) is 19.0. The summed E-state index contributed by atoms with van der Waals surface area (Å²) in [4.78, 5) is 37.4. The predicted octanol–water partition coefficient (Wildman–Crippen LogP) is 3.90. The molecule has 0 atom stereocenters. The number of fused-ring (bicyclic) bond motifs is 1. The van der Waals surface area contributed by atoms with Gasteiger partial charge in [0, 0.05) is 22.9 Å². The Kier molecular flexibility index (Phi) is 6.23. The summed E-state index contributed by atoms with van der Waals surface area (Å²) >= 11 is 0. The highest BCUT2D eigenvalue weighted by molar-refractivity contribution is 7.46. The van der Waals surface area contributed by atoms with Gasteiger partial charge in [-0.2, -0.15) is 0 Å². The number of H-pyrrole nitrogens is 1. The van der Waals surface area contributed by atoms with Crippen molar-refractivity contribution in [2.45, 2.75) is 13.8 Å². The van der Waals surface area contributed by atoms with E-state index in [-0.39, 0.29) is 18.8 Å². The standard InChI is InChI=1S/C23H24N3O6P/c1-23(2,14-32-33(28,29)30)13-31-18-10-8-16(9-11-18)19-12-26(17-6-4-3-5-7-17)21-20(19)22(27)25-15-24-21/h3-12,15H,13-14H2,1-2H3,(H,24,25,27)(H2,28,29,30). The SMILES string of the molecule is CC(C)(COc1ccc(-c2cn(-c3ccccc3)c3nc[nH]c(=O)c23)cc1)COP(=O)(O)O. The molecule has 0 aliphatic heterocycles. The second-order valence-corrected chi connectivity index (χ2v) is 9.66. The zero-order chi connectivity index (χ0) is 23.6. The molecule has 0 unspecified atom stereocenters. The van der Waals surface area contributed by atoms with Gasteiger partial charge in [-0.3, -0.25) is 9.32 Å². The number of ether oxygens (including phenoxy) is 1. The second kappa shape index (κ2) is 8.96. The molecule has 0 fully saturated rings. The maximum absolute atomic E-state index is 12.6. The number of aromatic amines is 1. The Labute approximate surface area is 189 Å². The Bertz CT molecular complexity index is 1360. The van der Waals surface area contributed by atoms with Crippen molar-refractivity contribution in [3.63, 3.8) is 0 Å². The third-order valence-electron chi connectivity index (χ3n) is 5.04. The van der Waals surface area contributed by atoms with Gasteiger partial charge in [0.05, 0.1) is 24.9 Å². The van der Waals surface area contributed by atoms with Crippen molar-refractivity contribution in [2.75, 3.05) is 13.2 Å². The van der Waals surface area contributed by atoms with E-state index in [2.05, 4.69) is 14.5 Å². The molecule has 0 saturated heterocycles. The van der Waals surface area contributed by atoms with E-state index in [9.17, 15) is 9.36 Å². The average molecular weight is 469 g/mol. The fraction of sp³-hybridized carbons (Fsp3) is 0.217. The molecule has 10 heteroatoms. The minimum Gasteiger partial charge on any atom is -0.493 e. The summed E-state index contributed by atoms with van der Waals surface area (Å²) < 4.78 is 23.2. The molecule has 0 radical (unpaired) electrons. The van der Waals surface area contributed by atoms with Crippen LogP contribution in [0.5, 0.6) is 5.75 Å². The van der Waals surface area contributed by atoms with Crippen molar-refractivity contribution in [2.24, 2.45) is 5.41 Å². The number of para-hydroxylation sites is 1. The van der Waals surface area contributed by atoms with E-state index in [4.69, 9.17) is 14.5 Å². The van der Waals surface area contributed by atoms with E-state index in [0.29, 0.717) is 16.8 Å². The van der Waals surface area contributed by atoms with Crippen molar-refractivity contribution >= 4 is 18.9 Å². The largest absolute Gasteiger partial charge is 0.493 e. The maximum atomic E-state index is 12.6. The van der Waals surface area contributed by atoms with Crippen molar-refractivity contribution in [3.05, 3.63) is 77.5 Å². The molecule has 2 aromatic heterocycles. The molecular weight excluding hydrogens is 445 g/mol. The second-order valence-electron chi connectivity index (χ2n) is 8.42. The first-order chi connectivity index (χ1) is 15.6. The Hall–Kier alpha value is -3.23. The van der Waals surface area contributed by atoms with Crippen LogP contribution in [0.4, 0.5) is 0 Å². The lowest BCUT2D eigenvalue weighted by Gasteiger charge is -2.24. The van der Waals surface area contributed by atoms with Gasteiger partial charge < -0.3 is 24.1 Å². The summed E-state index contributed by atoms with van der Waals surface area (Å²) in [5.74, 6) is 0.585. The van der Waals surface area contributed by atoms with Crippen LogP contribution < -0.4 is 10.3 Å². The van der Waals surface area contributed by atoms with Gasteiger partial charge in [0.1, 0.15) is 5.75 Å². The highest BCUT2D eigenvalue weighted by Crippen LogP contribution is 2.38. The Morgan fingerprint density at radius 3 is 2.42 bits per heavy atom. The predicted molar refractivity (Wildman–Crippen MR) is 124 cm³/mol. The van der Waals surface area contributed by atoms with Crippen molar-refractivity contribution < 1.29 is 23.6 Å². The monoisotopic (exact) mass is 469 g/mol. The van der Waals surface area contributed by atoms with Gasteiger partial charge in [0.15, 0.2) is 5.65 Å². The molecule has 2 heterocycles. The van der Waals surface area contributed by atoms with Crippen LogP contribution in [-0.4, -0.2) is 37.5 Å². The fourth-order valence-corrected chi connectivity index (χ4v) is 3.90.